The first kappa shape index (κ1) is 24.0. The lowest BCUT2D eigenvalue weighted by Gasteiger charge is -2.22. The van der Waals surface area contributed by atoms with Crippen LogP contribution < -0.4 is 0 Å². The summed E-state index contributed by atoms with van der Waals surface area (Å²) in [6.07, 6.45) is 0. The maximum absolute atomic E-state index is 3.00. The highest BCUT2D eigenvalue weighted by Crippen LogP contribution is 2.58. The van der Waals surface area contributed by atoms with Gasteiger partial charge >= 0.3 is 0 Å². The van der Waals surface area contributed by atoms with Crippen LogP contribution in [0.1, 0.15) is 33.7 Å². The number of rotatable bonds is 5. The third kappa shape index (κ3) is 4.75. The smallest absolute Gasteiger partial charge is 0.0364 e. The van der Waals surface area contributed by atoms with E-state index in [4.69, 9.17) is 0 Å². The molecule has 0 radical (unpaired) electrons. The van der Waals surface area contributed by atoms with Gasteiger partial charge in [-0.25, -0.2) is 0 Å². The predicted octanol–water partition coefficient (Wildman–Crippen LogP) is 9.81. The molecule has 0 spiro atoms. The maximum Gasteiger partial charge on any atom is 0.0364 e. The number of hydrogen-bond donors (Lipinski definition) is 0. The van der Waals surface area contributed by atoms with Gasteiger partial charge in [0.1, 0.15) is 0 Å². The van der Waals surface area contributed by atoms with Crippen molar-refractivity contribution in [2.75, 3.05) is 0 Å². The Kier molecular flexibility index (Phi) is 7.39. The standard InChI is InChI=1S/C35H26.C2H4/c1-6-16-26(17-7-1)31-32(27-18-8-2-9-19-27)34(29-22-12-4-13-23-29)35(30-24-14-5-15-25-30)33(31)28-20-10-3-11-21-28;1-2/h1-25,31H;1-2H2. The molecular formula is C37H30. The molecule has 0 atom stereocenters. The Labute approximate surface area is 220 Å². The second-order valence-electron chi connectivity index (χ2n) is 8.89. The molecule has 0 fully saturated rings. The second kappa shape index (κ2) is 11.4. The summed E-state index contributed by atoms with van der Waals surface area (Å²) in [6.45, 7) is 6.00. The average molecular weight is 475 g/mol. The summed E-state index contributed by atoms with van der Waals surface area (Å²) in [6, 6.07) is 54.5. The van der Waals surface area contributed by atoms with Crippen LogP contribution in [0.3, 0.4) is 0 Å². The molecule has 1 aliphatic carbocycles. The van der Waals surface area contributed by atoms with Gasteiger partial charge in [-0.1, -0.05) is 152 Å². The molecule has 0 unspecified atom stereocenters. The Morgan fingerprint density at radius 1 is 0.324 bits per heavy atom. The fourth-order valence-electron chi connectivity index (χ4n) is 5.35. The molecule has 0 N–H and O–H groups in total. The zero-order valence-electron chi connectivity index (χ0n) is 20.9. The Bertz CT molecular complexity index is 1400. The molecule has 5 aromatic carbocycles. The molecule has 5 aromatic rings. The fraction of sp³-hybridized carbons (Fsp3) is 0.0270. The van der Waals surface area contributed by atoms with Gasteiger partial charge in [-0.3, -0.25) is 0 Å². The van der Waals surface area contributed by atoms with E-state index < -0.39 is 0 Å². The fourth-order valence-corrected chi connectivity index (χ4v) is 5.35. The highest BCUT2D eigenvalue weighted by atomic mass is 14.4. The monoisotopic (exact) mass is 474 g/mol. The third-order valence-corrected chi connectivity index (χ3v) is 6.79. The first-order valence-corrected chi connectivity index (χ1v) is 12.7. The molecule has 0 saturated carbocycles. The van der Waals surface area contributed by atoms with Crippen molar-refractivity contribution in [1.82, 2.24) is 0 Å². The van der Waals surface area contributed by atoms with Crippen molar-refractivity contribution >= 4 is 22.3 Å². The van der Waals surface area contributed by atoms with Crippen molar-refractivity contribution < 1.29 is 0 Å². The largest absolute Gasteiger partial charge is 0.106 e. The molecule has 0 heteroatoms. The maximum atomic E-state index is 3.00. The van der Waals surface area contributed by atoms with Crippen LogP contribution >= 0.6 is 0 Å². The predicted molar refractivity (Wildman–Crippen MR) is 160 cm³/mol. The van der Waals surface area contributed by atoms with Gasteiger partial charge in [0.15, 0.2) is 0 Å². The second-order valence-corrected chi connectivity index (χ2v) is 8.89. The Morgan fingerprint density at radius 3 is 0.919 bits per heavy atom. The summed E-state index contributed by atoms with van der Waals surface area (Å²) in [7, 11) is 0. The number of benzene rings is 5. The van der Waals surface area contributed by atoms with E-state index in [0.29, 0.717) is 0 Å². The van der Waals surface area contributed by atoms with E-state index in [-0.39, 0.29) is 5.92 Å². The van der Waals surface area contributed by atoms with Crippen molar-refractivity contribution in [1.29, 1.82) is 0 Å². The summed E-state index contributed by atoms with van der Waals surface area (Å²) in [5.41, 5.74) is 11.7. The lowest BCUT2D eigenvalue weighted by atomic mass is 9.81. The van der Waals surface area contributed by atoms with E-state index in [1.165, 1.54) is 50.1 Å². The van der Waals surface area contributed by atoms with Crippen molar-refractivity contribution in [2.24, 2.45) is 0 Å². The first-order chi connectivity index (χ1) is 18.4. The van der Waals surface area contributed by atoms with Crippen LogP contribution in [0.25, 0.3) is 22.3 Å². The molecule has 0 bridgehead atoms. The Balaban J connectivity index is 0.00000137. The summed E-state index contributed by atoms with van der Waals surface area (Å²) in [5.74, 6) is 0.117. The van der Waals surface area contributed by atoms with Gasteiger partial charge in [0.2, 0.25) is 0 Å². The summed E-state index contributed by atoms with van der Waals surface area (Å²) >= 11 is 0. The topological polar surface area (TPSA) is 0 Å². The first-order valence-electron chi connectivity index (χ1n) is 12.7. The van der Waals surface area contributed by atoms with Crippen LogP contribution in [-0.2, 0) is 0 Å². The van der Waals surface area contributed by atoms with Gasteiger partial charge in [-0.05, 0) is 50.1 Å². The van der Waals surface area contributed by atoms with Gasteiger partial charge in [0.05, 0.1) is 0 Å². The molecular weight excluding hydrogens is 444 g/mol. The van der Waals surface area contributed by atoms with Crippen molar-refractivity contribution in [2.45, 2.75) is 5.92 Å². The minimum atomic E-state index is 0.117. The average Bonchev–Trinajstić information content (AvgIpc) is 3.37. The zero-order valence-corrected chi connectivity index (χ0v) is 20.9. The highest BCUT2D eigenvalue weighted by Gasteiger charge is 2.37. The van der Waals surface area contributed by atoms with Crippen molar-refractivity contribution in [3.05, 3.63) is 193 Å². The van der Waals surface area contributed by atoms with Crippen LogP contribution in [0, 0.1) is 0 Å². The van der Waals surface area contributed by atoms with E-state index in [9.17, 15) is 0 Å². The quantitative estimate of drug-likeness (QED) is 0.222. The summed E-state index contributed by atoms with van der Waals surface area (Å²) in [5, 5.41) is 0. The minimum Gasteiger partial charge on any atom is -0.106 e. The number of allylic oxidation sites excluding steroid dienone is 4. The molecule has 0 heterocycles. The molecule has 6 rings (SSSR count). The van der Waals surface area contributed by atoms with E-state index in [0.717, 1.165) is 0 Å². The van der Waals surface area contributed by atoms with E-state index in [1.54, 1.807) is 0 Å². The van der Waals surface area contributed by atoms with Crippen LogP contribution in [0.2, 0.25) is 0 Å². The molecule has 37 heavy (non-hydrogen) atoms. The molecule has 1 aliphatic rings. The zero-order chi connectivity index (χ0) is 25.5. The number of hydrogen-bond acceptors (Lipinski definition) is 0. The minimum absolute atomic E-state index is 0.117. The Morgan fingerprint density at radius 2 is 0.595 bits per heavy atom. The molecule has 0 aromatic heterocycles. The highest BCUT2D eigenvalue weighted by molar-refractivity contribution is 6.29. The van der Waals surface area contributed by atoms with Crippen LogP contribution in [0.5, 0.6) is 0 Å². The Hall–Kier alpha value is -4.68. The van der Waals surface area contributed by atoms with E-state index in [2.05, 4.69) is 165 Å². The van der Waals surface area contributed by atoms with Gasteiger partial charge in [0.25, 0.3) is 0 Å². The van der Waals surface area contributed by atoms with Crippen molar-refractivity contribution in [3.8, 4) is 0 Å². The normalized spacial score (nSPS) is 13.3. The molecule has 0 saturated heterocycles. The van der Waals surface area contributed by atoms with Gasteiger partial charge < -0.3 is 0 Å². The van der Waals surface area contributed by atoms with Gasteiger partial charge in [0, 0.05) is 5.92 Å². The SMILES string of the molecule is C=C.c1ccc(C2=C(c3ccccc3)C(c3ccccc3)C(c3ccccc3)=C2c2ccccc2)cc1. The molecule has 0 amide bonds. The lowest BCUT2D eigenvalue weighted by Crippen LogP contribution is -2.03. The van der Waals surface area contributed by atoms with Gasteiger partial charge in [-0.15, -0.1) is 13.2 Å². The molecule has 0 nitrogen and oxygen atoms in total. The van der Waals surface area contributed by atoms with Crippen LogP contribution in [0.15, 0.2) is 165 Å². The third-order valence-electron chi connectivity index (χ3n) is 6.79. The van der Waals surface area contributed by atoms with Crippen LogP contribution in [-0.4, -0.2) is 0 Å². The van der Waals surface area contributed by atoms with Gasteiger partial charge in [-0.2, -0.15) is 0 Å². The summed E-state index contributed by atoms with van der Waals surface area (Å²) < 4.78 is 0. The lowest BCUT2D eigenvalue weighted by molar-refractivity contribution is 1.14. The van der Waals surface area contributed by atoms with Crippen molar-refractivity contribution in [3.63, 3.8) is 0 Å². The van der Waals surface area contributed by atoms with E-state index >= 15 is 0 Å². The van der Waals surface area contributed by atoms with Crippen LogP contribution in [0.4, 0.5) is 0 Å². The molecule has 0 aliphatic heterocycles. The summed E-state index contributed by atoms with van der Waals surface area (Å²) in [4.78, 5) is 0. The molecule has 178 valence electrons. The van der Waals surface area contributed by atoms with E-state index in [1.807, 2.05) is 0 Å².